The van der Waals surface area contributed by atoms with Gasteiger partial charge < -0.3 is 10.5 Å². The summed E-state index contributed by atoms with van der Waals surface area (Å²) in [5.41, 5.74) is 6.64. The van der Waals surface area contributed by atoms with Gasteiger partial charge in [-0.25, -0.2) is 9.78 Å². The van der Waals surface area contributed by atoms with Crippen molar-refractivity contribution in [3.63, 3.8) is 0 Å². The van der Waals surface area contributed by atoms with Gasteiger partial charge in [0.1, 0.15) is 12.1 Å². The van der Waals surface area contributed by atoms with Crippen molar-refractivity contribution >= 4 is 39.3 Å². The van der Waals surface area contributed by atoms with Gasteiger partial charge in [0.25, 0.3) is 0 Å². The van der Waals surface area contributed by atoms with E-state index in [1.807, 2.05) is 0 Å². The molecule has 0 saturated heterocycles. The van der Waals surface area contributed by atoms with Crippen molar-refractivity contribution < 1.29 is 9.53 Å². The topological polar surface area (TPSA) is 70.1 Å². The van der Waals surface area contributed by atoms with E-state index in [0.717, 1.165) is 0 Å². The monoisotopic (exact) mass is 329 g/mol. The molecule has 0 aliphatic rings. The number of halogens is 2. The van der Waals surface area contributed by atoms with E-state index in [4.69, 9.17) is 17.3 Å². The molecular weight excluding hydrogens is 321 g/mol. The Morgan fingerprint density at radius 1 is 1.56 bits per heavy atom. The fourth-order valence-corrected chi connectivity index (χ4v) is 2.11. The Labute approximate surface area is 117 Å². The van der Waals surface area contributed by atoms with E-state index in [2.05, 4.69) is 25.7 Å². The van der Waals surface area contributed by atoms with Crippen LogP contribution in [0.3, 0.4) is 0 Å². The third-order valence-corrected chi connectivity index (χ3v) is 3.75. The third-order valence-electron chi connectivity index (χ3n) is 2.37. The molecule has 0 amide bonds. The van der Waals surface area contributed by atoms with Crippen LogP contribution in [-0.2, 0) is 4.74 Å². The number of benzene rings is 1. The molecule has 1 aromatic carbocycles. The van der Waals surface area contributed by atoms with Gasteiger partial charge in [0.15, 0.2) is 5.69 Å². The van der Waals surface area contributed by atoms with Gasteiger partial charge in [-0.2, -0.15) is 0 Å². The predicted octanol–water partition coefficient (Wildman–Crippen LogP) is 2.66. The third kappa shape index (κ3) is 2.09. The fraction of sp³-hybridized carbons (Fsp3) is 0.0909. The highest BCUT2D eigenvalue weighted by molar-refractivity contribution is 9.10. The first-order chi connectivity index (χ1) is 8.56. The lowest BCUT2D eigenvalue weighted by Crippen LogP contribution is -2.07. The normalized spacial score (nSPS) is 10.4. The minimum absolute atomic E-state index is 0.0735. The maximum absolute atomic E-state index is 11.4. The Bertz CT molecular complexity index is 612. The molecule has 7 heteroatoms. The minimum atomic E-state index is -0.579. The number of nitrogen functional groups attached to an aromatic ring is 1. The van der Waals surface area contributed by atoms with Crippen molar-refractivity contribution in [2.45, 2.75) is 0 Å². The van der Waals surface area contributed by atoms with E-state index in [1.165, 1.54) is 13.4 Å². The molecule has 2 N–H and O–H groups in total. The van der Waals surface area contributed by atoms with E-state index in [-0.39, 0.29) is 11.5 Å². The van der Waals surface area contributed by atoms with Crippen LogP contribution in [0.1, 0.15) is 10.5 Å². The van der Waals surface area contributed by atoms with Gasteiger partial charge in [0.05, 0.1) is 22.3 Å². The van der Waals surface area contributed by atoms with Crippen LogP contribution in [-0.4, -0.2) is 22.6 Å². The van der Waals surface area contributed by atoms with Crippen molar-refractivity contribution in [2.24, 2.45) is 0 Å². The summed E-state index contributed by atoms with van der Waals surface area (Å²) in [6.45, 7) is 0. The largest absolute Gasteiger partial charge is 0.464 e. The molecule has 0 unspecified atom stereocenters. The van der Waals surface area contributed by atoms with Crippen molar-refractivity contribution in [1.29, 1.82) is 0 Å². The zero-order valence-electron chi connectivity index (χ0n) is 9.35. The van der Waals surface area contributed by atoms with Gasteiger partial charge in [-0.3, -0.25) is 4.57 Å². The standard InChI is InChI=1S/C11H9BrClN3O2/c1-18-11(17)9-10(14)16(5-15-9)7-4-2-3-6(13)8(7)12/h2-5H,14H2,1H3. The highest BCUT2D eigenvalue weighted by Crippen LogP contribution is 2.30. The highest BCUT2D eigenvalue weighted by Gasteiger charge is 2.18. The summed E-state index contributed by atoms with van der Waals surface area (Å²) in [5, 5.41) is 0.542. The first kappa shape index (κ1) is 12.9. The van der Waals surface area contributed by atoms with Crippen molar-refractivity contribution in [3.05, 3.63) is 39.7 Å². The van der Waals surface area contributed by atoms with Crippen molar-refractivity contribution in [2.75, 3.05) is 12.8 Å². The zero-order chi connectivity index (χ0) is 13.3. The van der Waals surface area contributed by atoms with Gasteiger partial charge in [-0.05, 0) is 28.1 Å². The molecule has 94 valence electrons. The number of aromatic nitrogens is 2. The SMILES string of the molecule is COC(=O)c1ncn(-c2cccc(Cl)c2Br)c1N. The molecular formula is C11H9BrClN3O2. The molecule has 18 heavy (non-hydrogen) atoms. The number of ether oxygens (including phenoxy) is 1. The number of esters is 1. The van der Waals surface area contributed by atoms with Crippen molar-refractivity contribution in [1.82, 2.24) is 9.55 Å². The van der Waals surface area contributed by atoms with Crippen LogP contribution in [0.2, 0.25) is 5.02 Å². The number of nitrogens with two attached hydrogens (primary N) is 1. The van der Waals surface area contributed by atoms with Crippen LogP contribution in [0.15, 0.2) is 29.0 Å². The molecule has 1 heterocycles. The number of anilines is 1. The van der Waals surface area contributed by atoms with E-state index in [9.17, 15) is 4.79 Å². The molecule has 1 aromatic heterocycles. The molecule has 0 spiro atoms. The lowest BCUT2D eigenvalue weighted by atomic mass is 10.3. The number of hydrogen-bond donors (Lipinski definition) is 1. The Morgan fingerprint density at radius 3 is 2.94 bits per heavy atom. The smallest absolute Gasteiger partial charge is 0.360 e. The van der Waals surface area contributed by atoms with E-state index >= 15 is 0 Å². The second kappa shape index (κ2) is 4.99. The molecule has 2 rings (SSSR count). The van der Waals surface area contributed by atoms with Gasteiger partial charge in [0.2, 0.25) is 0 Å². The lowest BCUT2D eigenvalue weighted by molar-refractivity contribution is 0.0596. The fourth-order valence-electron chi connectivity index (χ4n) is 1.48. The molecule has 0 aliphatic heterocycles. The number of carbonyl (C=O) groups excluding carboxylic acids is 1. The molecule has 0 bridgehead atoms. The summed E-state index contributed by atoms with van der Waals surface area (Å²) in [6.07, 6.45) is 1.44. The van der Waals surface area contributed by atoms with E-state index < -0.39 is 5.97 Å². The molecule has 5 nitrogen and oxygen atoms in total. The Balaban J connectivity index is 2.56. The Hall–Kier alpha value is -1.53. The van der Waals surface area contributed by atoms with Gasteiger partial charge in [-0.1, -0.05) is 17.7 Å². The van der Waals surface area contributed by atoms with Crippen LogP contribution in [0, 0.1) is 0 Å². The zero-order valence-corrected chi connectivity index (χ0v) is 11.7. The van der Waals surface area contributed by atoms with Crippen LogP contribution in [0.4, 0.5) is 5.82 Å². The first-order valence-electron chi connectivity index (χ1n) is 4.91. The number of rotatable bonds is 2. The Kier molecular flexibility index (Phi) is 3.58. The van der Waals surface area contributed by atoms with E-state index in [0.29, 0.717) is 15.2 Å². The van der Waals surface area contributed by atoms with Crippen LogP contribution in [0.5, 0.6) is 0 Å². The molecule has 0 fully saturated rings. The number of hydrogen-bond acceptors (Lipinski definition) is 4. The lowest BCUT2D eigenvalue weighted by Gasteiger charge is -2.08. The second-order valence-corrected chi connectivity index (χ2v) is 4.61. The van der Waals surface area contributed by atoms with Crippen LogP contribution < -0.4 is 5.73 Å². The summed E-state index contributed by atoms with van der Waals surface area (Å²) in [4.78, 5) is 15.3. The molecule has 0 atom stereocenters. The molecule has 2 aromatic rings. The number of nitrogens with zero attached hydrogens (tertiary/aromatic N) is 2. The summed E-state index contributed by atoms with van der Waals surface area (Å²) < 4.78 is 6.82. The number of methoxy groups -OCH3 is 1. The molecule has 0 radical (unpaired) electrons. The first-order valence-corrected chi connectivity index (χ1v) is 6.09. The number of carbonyl (C=O) groups is 1. The average molecular weight is 331 g/mol. The summed E-state index contributed by atoms with van der Waals surface area (Å²) in [7, 11) is 1.27. The minimum Gasteiger partial charge on any atom is -0.464 e. The summed E-state index contributed by atoms with van der Waals surface area (Å²) in [5.74, 6) is -0.380. The highest BCUT2D eigenvalue weighted by atomic mass is 79.9. The average Bonchev–Trinajstić information content (AvgIpc) is 2.74. The summed E-state index contributed by atoms with van der Waals surface area (Å²) >= 11 is 9.36. The maximum Gasteiger partial charge on any atom is 0.360 e. The Morgan fingerprint density at radius 2 is 2.28 bits per heavy atom. The van der Waals surface area contributed by atoms with Crippen LogP contribution in [0.25, 0.3) is 5.69 Å². The number of imidazole rings is 1. The van der Waals surface area contributed by atoms with Crippen LogP contribution >= 0.6 is 27.5 Å². The molecule has 0 aliphatic carbocycles. The maximum atomic E-state index is 11.4. The van der Waals surface area contributed by atoms with Gasteiger partial charge in [0, 0.05) is 0 Å². The second-order valence-electron chi connectivity index (χ2n) is 3.41. The van der Waals surface area contributed by atoms with Gasteiger partial charge in [-0.15, -0.1) is 0 Å². The van der Waals surface area contributed by atoms with E-state index in [1.54, 1.807) is 22.8 Å². The quantitative estimate of drug-likeness (QED) is 0.859. The van der Waals surface area contributed by atoms with Gasteiger partial charge >= 0.3 is 5.97 Å². The van der Waals surface area contributed by atoms with Crippen molar-refractivity contribution in [3.8, 4) is 5.69 Å². The molecule has 0 saturated carbocycles. The predicted molar refractivity (Wildman–Crippen MR) is 72.0 cm³/mol. The summed E-state index contributed by atoms with van der Waals surface area (Å²) in [6, 6.07) is 5.32.